The van der Waals surface area contributed by atoms with Crippen molar-refractivity contribution in [3.05, 3.63) is 36.4 Å². The van der Waals surface area contributed by atoms with E-state index >= 15 is 0 Å². The third-order valence-electron chi connectivity index (χ3n) is 3.35. The van der Waals surface area contributed by atoms with Crippen LogP contribution in [-0.4, -0.2) is 32.7 Å². The fourth-order valence-electron chi connectivity index (χ4n) is 2.18. The Bertz CT molecular complexity index is 965. The fraction of sp³-hybridized carbons (Fsp3) is 0.353. The maximum atomic E-state index is 12.5. The standard InChI is InChI=1S/C17H18F3NO5S/c1-16(2,3)25-15(22)21(4)14-7-5-6-11-8-9-12(10-13(11)14)26-27(23,24)17(18,19)20/h5-10H,1-4H3. The summed E-state index contributed by atoms with van der Waals surface area (Å²) in [6, 6.07) is 8.46. The van der Waals surface area contributed by atoms with Crippen molar-refractivity contribution in [1.29, 1.82) is 0 Å². The summed E-state index contributed by atoms with van der Waals surface area (Å²) in [5, 5.41) is 0.889. The van der Waals surface area contributed by atoms with Crippen molar-refractivity contribution in [3.8, 4) is 5.75 Å². The van der Waals surface area contributed by atoms with Gasteiger partial charge in [0.25, 0.3) is 0 Å². The first-order valence-electron chi connectivity index (χ1n) is 7.71. The number of halogens is 3. The van der Waals surface area contributed by atoms with Crippen LogP contribution in [0, 0.1) is 0 Å². The highest BCUT2D eigenvalue weighted by Gasteiger charge is 2.48. The number of carbonyl (C=O) groups is 1. The topological polar surface area (TPSA) is 72.9 Å². The molecule has 10 heteroatoms. The normalized spacial score (nSPS) is 12.7. The molecule has 0 aliphatic heterocycles. The van der Waals surface area contributed by atoms with Crippen molar-refractivity contribution in [2.75, 3.05) is 11.9 Å². The van der Waals surface area contributed by atoms with Crippen molar-refractivity contribution in [1.82, 2.24) is 0 Å². The molecule has 2 rings (SSSR count). The largest absolute Gasteiger partial charge is 0.534 e. The molecule has 0 saturated heterocycles. The van der Waals surface area contributed by atoms with Gasteiger partial charge >= 0.3 is 21.7 Å². The lowest BCUT2D eigenvalue weighted by Crippen LogP contribution is -2.34. The Morgan fingerprint density at radius 1 is 1.07 bits per heavy atom. The molecule has 0 aliphatic carbocycles. The summed E-state index contributed by atoms with van der Waals surface area (Å²) in [5.41, 5.74) is -5.98. The van der Waals surface area contributed by atoms with Gasteiger partial charge in [-0.25, -0.2) is 4.79 Å². The molecule has 1 amide bonds. The molecule has 0 spiro atoms. The molecule has 0 heterocycles. The minimum atomic E-state index is -5.80. The van der Waals surface area contributed by atoms with Crippen molar-refractivity contribution in [3.63, 3.8) is 0 Å². The van der Waals surface area contributed by atoms with Gasteiger partial charge in [-0.15, -0.1) is 0 Å². The molecule has 27 heavy (non-hydrogen) atoms. The van der Waals surface area contributed by atoms with Crippen LogP contribution in [0.3, 0.4) is 0 Å². The first kappa shape index (κ1) is 20.8. The summed E-state index contributed by atoms with van der Waals surface area (Å²) in [6.07, 6.45) is -0.677. The van der Waals surface area contributed by atoms with Gasteiger partial charge in [-0.05, 0) is 44.4 Å². The van der Waals surface area contributed by atoms with Crippen LogP contribution in [-0.2, 0) is 14.9 Å². The van der Waals surface area contributed by atoms with Crippen molar-refractivity contribution >= 4 is 32.7 Å². The predicted molar refractivity (Wildman–Crippen MR) is 94.2 cm³/mol. The average molecular weight is 405 g/mol. The van der Waals surface area contributed by atoms with E-state index in [9.17, 15) is 26.4 Å². The van der Waals surface area contributed by atoms with Crippen molar-refractivity contribution in [2.24, 2.45) is 0 Å². The lowest BCUT2D eigenvalue weighted by Gasteiger charge is -2.25. The molecule has 0 atom stereocenters. The van der Waals surface area contributed by atoms with Crippen molar-refractivity contribution < 1.29 is 35.3 Å². The predicted octanol–water partition coefficient (Wildman–Crippen LogP) is 4.44. The zero-order chi connectivity index (χ0) is 20.6. The second kappa shape index (κ2) is 6.91. The molecular weight excluding hydrogens is 387 g/mol. The Kier molecular flexibility index (Phi) is 5.33. The van der Waals surface area contributed by atoms with Gasteiger partial charge in [0.05, 0.1) is 5.69 Å². The van der Waals surface area contributed by atoms with E-state index in [2.05, 4.69) is 4.18 Å². The molecule has 0 radical (unpaired) electrons. The summed E-state index contributed by atoms with van der Waals surface area (Å²) in [7, 11) is -4.36. The van der Waals surface area contributed by atoms with E-state index in [0.29, 0.717) is 16.5 Å². The zero-order valence-electron chi connectivity index (χ0n) is 15.0. The van der Waals surface area contributed by atoms with Gasteiger partial charge < -0.3 is 8.92 Å². The van der Waals surface area contributed by atoms with Gasteiger partial charge in [0.2, 0.25) is 0 Å². The smallest absolute Gasteiger partial charge is 0.443 e. The second-order valence-electron chi connectivity index (χ2n) is 6.68. The Labute approximate surface area is 154 Å². The molecule has 2 aromatic rings. The number of nitrogens with zero attached hydrogens (tertiary/aromatic N) is 1. The van der Waals surface area contributed by atoms with E-state index < -0.39 is 33.1 Å². The summed E-state index contributed by atoms with van der Waals surface area (Å²) in [4.78, 5) is 13.5. The summed E-state index contributed by atoms with van der Waals surface area (Å²) in [5.74, 6) is -0.523. The summed E-state index contributed by atoms with van der Waals surface area (Å²) in [6.45, 7) is 5.07. The van der Waals surface area contributed by atoms with Gasteiger partial charge in [-0.3, -0.25) is 4.90 Å². The number of ether oxygens (including phenoxy) is 1. The molecule has 2 aromatic carbocycles. The molecule has 0 bridgehead atoms. The highest BCUT2D eigenvalue weighted by Crippen LogP contribution is 2.33. The van der Waals surface area contributed by atoms with Crippen LogP contribution in [0.2, 0.25) is 0 Å². The van der Waals surface area contributed by atoms with Crippen LogP contribution >= 0.6 is 0 Å². The number of alkyl halides is 3. The molecule has 0 aromatic heterocycles. The first-order valence-corrected chi connectivity index (χ1v) is 9.12. The number of amides is 1. The third-order valence-corrected chi connectivity index (χ3v) is 4.33. The van der Waals surface area contributed by atoms with Crippen LogP contribution in [0.4, 0.5) is 23.7 Å². The summed E-state index contributed by atoms with van der Waals surface area (Å²) < 4.78 is 69.4. The van der Waals surface area contributed by atoms with Gasteiger partial charge in [-0.2, -0.15) is 21.6 Å². The molecule has 148 valence electrons. The first-order chi connectivity index (χ1) is 12.2. The molecule has 0 unspecified atom stereocenters. The Balaban J connectivity index is 2.46. The Morgan fingerprint density at radius 3 is 2.26 bits per heavy atom. The minimum Gasteiger partial charge on any atom is -0.443 e. The lowest BCUT2D eigenvalue weighted by atomic mass is 10.1. The Hall–Kier alpha value is -2.49. The van der Waals surface area contributed by atoms with Gasteiger partial charge in [0.1, 0.15) is 11.4 Å². The highest BCUT2D eigenvalue weighted by molar-refractivity contribution is 7.88. The maximum absolute atomic E-state index is 12.5. The number of hydrogen-bond donors (Lipinski definition) is 0. The number of carbonyl (C=O) groups excluding carboxylic acids is 1. The van der Waals surface area contributed by atoms with Crippen molar-refractivity contribution in [2.45, 2.75) is 31.9 Å². The van der Waals surface area contributed by atoms with Gasteiger partial charge in [0.15, 0.2) is 0 Å². The number of anilines is 1. The number of rotatable bonds is 3. The van der Waals surface area contributed by atoms with Crippen LogP contribution in [0.1, 0.15) is 20.8 Å². The van der Waals surface area contributed by atoms with Gasteiger partial charge in [-0.1, -0.05) is 18.2 Å². The lowest BCUT2D eigenvalue weighted by molar-refractivity contribution is -0.0500. The number of benzene rings is 2. The molecule has 0 N–H and O–H groups in total. The fourth-order valence-corrected chi connectivity index (χ4v) is 2.63. The minimum absolute atomic E-state index is 0.316. The second-order valence-corrected chi connectivity index (χ2v) is 8.22. The molecule has 0 saturated carbocycles. The molecular formula is C17H18F3NO5S. The monoisotopic (exact) mass is 405 g/mol. The van der Waals surface area contributed by atoms with E-state index in [1.165, 1.54) is 18.0 Å². The van der Waals surface area contributed by atoms with Crippen LogP contribution in [0.25, 0.3) is 10.8 Å². The van der Waals surface area contributed by atoms with E-state index in [1.807, 2.05) is 0 Å². The third kappa shape index (κ3) is 4.82. The molecule has 0 aliphatic rings. The van der Waals surface area contributed by atoms with E-state index in [0.717, 1.165) is 12.1 Å². The van der Waals surface area contributed by atoms with Crippen LogP contribution < -0.4 is 9.08 Å². The number of fused-ring (bicyclic) bond motifs is 1. The van der Waals surface area contributed by atoms with E-state index in [4.69, 9.17) is 4.74 Å². The SMILES string of the molecule is CN(C(=O)OC(C)(C)C)c1cccc2ccc(OS(=O)(=O)C(F)(F)F)cc12. The number of hydrogen-bond acceptors (Lipinski definition) is 5. The quantitative estimate of drug-likeness (QED) is 0.558. The van der Waals surface area contributed by atoms with Crippen LogP contribution in [0.5, 0.6) is 5.75 Å². The maximum Gasteiger partial charge on any atom is 0.534 e. The van der Waals surface area contributed by atoms with Crippen LogP contribution in [0.15, 0.2) is 36.4 Å². The van der Waals surface area contributed by atoms with E-state index in [1.54, 1.807) is 39.0 Å². The Morgan fingerprint density at radius 2 is 1.70 bits per heavy atom. The van der Waals surface area contributed by atoms with Gasteiger partial charge in [0, 0.05) is 12.4 Å². The average Bonchev–Trinajstić information content (AvgIpc) is 2.50. The highest BCUT2D eigenvalue weighted by atomic mass is 32.2. The molecule has 0 fully saturated rings. The molecule has 6 nitrogen and oxygen atoms in total. The summed E-state index contributed by atoms with van der Waals surface area (Å²) >= 11 is 0. The zero-order valence-corrected chi connectivity index (χ0v) is 15.8. The van der Waals surface area contributed by atoms with E-state index in [-0.39, 0.29) is 0 Å².